The Kier molecular flexibility index (Phi) is 4.59. The summed E-state index contributed by atoms with van der Waals surface area (Å²) in [5.41, 5.74) is 0.745. The molecule has 2 rings (SSSR count). The predicted octanol–water partition coefficient (Wildman–Crippen LogP) is 2.61. The van der Waals surface area contributed by atoms with Crippen molar-refractivity contribution in [3.63, 3.8) is 0 Å². The zero-order valence-electron chi connectivity index (χ0n) is 10.2. The van der Waals surface area contributed by atoms with E-state index in [2.05, 4.69) is 0 Å². The van der Waals surface area contributed by atoms with Gasteiger partial charge in [-0.3, -0.25) is 0 Å². The Morgan fingerprint density at radius 1 is 1.50 bits per heavy atom. The fourth-order valence-corrected chi connectivity index (χ4v) is 4.62. The van der Waals surface area contributed by atoms with Gasteiger partial charge in [-0.2, -0.15) is 11.8 Å². The quantitative estimate of drug-likeness (QED) is 0.858. The Labute approximate surface area is 118 Å². The summed E-state index contributed by atoms with van der Waals surface area (Å²) in [4.78, 5) is 0. The van der Waals surface area contributed by atoms with Gasteiger partial charge in [0, 0.05) is 23.4 Å². The number of benzene rings is 1. The second kappa shape index (κ2) is 5.82. The van der Waals surface area contributed by atoms with E-state index in [0.717, 1.165) is 12.0 Å². The molecule has 3 nitrogen and oxygen atoms in total. The minimum absolute atomic E-state index is 0.0364. The van der Waals surface area contributed by atoms with E-state index in [0.29, 0.717) is 23.4 Å². The third-order valence-corrected chi connectivity index (χ3v) is 6.18. The van der Waals surface area contributed by atoms with Crippen LogP contribution < -0.4 is 0 Å². The fourth-order valence-electron chi connectivity index (χ4n) is 2.07. The number of halogens is 1. The number of thioether (sulfide) groups is 1. The summed E-state index contributed by atoms with van der Waals surface area (Å²) in [6.45, 7) is 1.26. The van der Waals surface area contributed by atoms with E-state index in [1.807, 2.05) is 6.26 Å². The van der Waals surface area contributed by atoms with Gasteiger partial charge in [0.15, 0.2) is 0 Å². The maximum Gasteiger partial charge on any atom is 0.218 e. The van der Waals surface area contributed by atoms with Crippen LogP contribution in [0.15, 0.2) is 24.3 Å². The molecule has 100 valence electrons. The largest absolute Gasteiger partial charge is 0.218 e. The van der Waals surface area contributed by atoms with Gasteiger partial charge in [0.05, 0.1) is 5.75 Å². The highest BCUT2D eigenvalue weighted by molar-refractivity contribution is 7.99. The Morgan fingerprint density at radius 2 is 2.28 bits per heavy atom. The second-order valence-corrected chi connectivity index (χ2v) is 7.93. The van der Waals surface area contributed by atoms with Crippen LogP contribution in [0, 0.1) is 0 Å². The minimum Gasteiger partial charge on any atom is -0.212 e. The molecule has 18 heavy (non-hydrogen) atoms. The standard InChI is InChI=1S/C12H16ClNO2S2/c1-17-12-5-6-14(8-12)18(15,16)9-10-3-2-4-11(13)7-10/h2-4,7,12H,5-6,8-9H2,1H3/t12-/m1/s1. The Balaban J connectivity index is 2.08. The molecule has 6 heteroatoms. The van der Waals surface area contributed by atoms with Gasteiger partial charge in [-0.25, -0.2) is 12.7 Å². The molecule has 0 amide bonds. The molecule has 0 aromatic heterocycles. The average Bonchev–Trinajstić information content (AvgIpc) is 2.77. The van der Waals surface area contributed by atoms with Crippen molar-refractivity contribution in [2.75, 3.05) is 19.3 Å². The van der Waals surface area contributed by atoms with E-state index in [-0.39, 0.29) is 5.75 Å². The molecular formula is C12H16ClNO2S2. The Hall–Kier alpha value is -0.230. The van der Waals surface area contributed by atoms with Crippen molar-refractivity contribution < 1.29 is 8.42 Å². The van der Waals surface area contributed by atoms with E-state index in [4.69, 9.17) is 11.6 Å². The molecule has 1 aromatic rings. The first kappa shape index (κ1) is 14.2. The van der Waals surface area contributed by atoms with Crippen molar-refractivity contribution in [2.45, 2.75) is 17.4 Å². The summed E-state index contributed by atoms with van der Waals surface area (Å²) in [5.74, 6) is 0.0364. The van der Waals surface area contributed by atoms with Crippen LogP contribution in [0.1, 0.15) is 12.0 Å². The first-order chi connectivity index (χ1) is 8.51. The summed E-state index contributed by atoms with van der Waals surface area (Å²) < 4.78 is 26.1. The van der Waals surface area contributed by atoms with Crippen molar-refractivity contribution in [3.8, 4) is 0 Å². The highest BCUT2D eigenvalue weighted by Gasteiger charge is 2.30. The van der Waals surface area contributed by atoms with Crippen LogP contribution in [0.4, 0.5) is 0 Å². The van der Waals surface area contributed by atoms with Crippen LogP contribution >= 0.6 is 23.4 Å². The topological polar surface area (TPSA) is 37.4 Å². The smallest absolute Gasteiger partial charge is 0.212 e. The highest BCUT2D eigenvalue weighted by Crippen LogP contribution is 2.24. The third-order valence-electron chi connectivity index (χ3n) is 3.07. The van der Waals surface area contributed by atoms with Crippen molar-refractivity contribution >= 4 is 33.4 Å². The van der Waals surface area contributed by atoms with E-state index in [1.54, 1.807) is 40.3 Å². The van der Waals surface area contributed by atoms with Crippen molar-refractivity contribution in [1.29, 1.82) is 0 Å². The molecule has 1 aliphatic heterocycles. The molecule has 1 saturated heterocycles. The zero-order chi connectivity index (χ0) is 13.2. The van der Waals surface area contributed by atoms with Crippen molar-refractivity contribution in [1.82, 2.24) is 4.31 Å². The summed E-state index contributed by atoms with van der Waals surface area (Å²) >= 11 is 7.60. The lowest BCUT2D eigenvalue weighted by Crippen LogP contribution is -2.30. The Bertz CT molecular complexity index is 519. The Morgan fingerprint density at radius 3 is 2.89 bits per heavy atom. The molecule has 0 bridgehead atoms. The molecule has 1 aromatic carbocycles. The molecule has 0 unspecified atom stereocenters. The van der Waals surface area contributed by atoms with Gasteiger partial charge in [-0.15, -0.1) is 0 Å². The molecule has 0 spiro atoms. The normalized spacial score (nSPS) is 21.3. The first-order valence-electron chi connectivity index (χ1n) is 5.76. The highest BCUT2D eigenvalue weighted by atomic mass is 35.5. The number of nitrogens with zero attached hydrogens (tertiary/aromatic N) is 1. The van der Waals surface area contributed by atoms with Crippen molar-refractivity contribution in [3.05, 3.63) is 34.9 Å². The molecular weight excluding hydrogens is 290 g/mol. The molecule has 1 heterocycles. The molecule has 0 radical (unpaired) electrons. The fraction of sp³-hybridized carbons (Fsp3) is 0.500. The maximum atomic E-state index is 12.2. The minimum atomic E-state index is -3.21. The summed E-state index contributed by atoms with van der Waals surface area (Å²) in [5, 5.41) is 1.00. The predicted molar refractivity (Wildman–Crippen MR) is 77.6 cm³/mol. The van der Waals surface area contributed by atoms with Gasteiger partial charge < -0.3 is 0 Å². The van der Waals surface area contributed by atoms with Crippen molar-refractivity contribution in [2.24, 2.45) is 0 Å². The van der Waals surface area contributed by atoms with Crippen LogP contribution in [0.25, 0.3) is 0 Å². The third kappa shape index (κ3) is 3.41. The summed E-state index contributed by atoms with van der Waals surface area (Å²) in [6.07, 6.45) is 2.97. The molecule has 0 saturated carbocycles. The summed E-state index contributed by atoms with van der Waals surface area (Å²) in [6, 6.07) is 7.03. The van der Waals surface area contributed by atoms with Gasteiger partial charge in [0.25, 0.3) is 0 Å². The average molecular weight is 306 g/mol. The van der Waals surface area contributed by atoms with E-state index < -0.39 is 10.0 Å². The first-order valence-corrected chi connectivity index (χ1v) is 9.04. The SMILES string of the molecule is CS[C@@H]1CCN(S(=O)(=O)Cc2cccc(Cl)c2)C1. The lowest BCUT2D eigenvalue weighted by molar-refractivity contribution is 0.477. The molecule has 0 N–H and O–H groups in total. The number of rotatable bonds is 4. The molecule has 0 aliphatic carbocycles. The summed E-state index contributed by atoms with van der Waals surface area (Å²) in [7, 11) is -3.21. The van der Waals surface area contributed by atoms with Gasteiger partial charge in [0.1, 0.15) is 0 Å². The lowest BCUT2D eigenvalue weighted by atomic mass is 10.2. The van der Waals surface area contributed by atoms with Crippen LogP contribution in [-0.4, -0.2) is 37.3 Å². The molecule has 1 aliphatic rings. The maximum absolute atomic E-state index is 12.2. The number of hydrogen-bond acceptors (Lipinski definition) is 3. The van der Waals surface area contributed by atoms with Gasteiger partial charge >= 0.3 is 0 Å². The molecule has 1 fully saturated rings. The number of hydrogen-bond donors (Lipinski definition) is 0. The zero-order valence-corrected chi connectivity index (χ0v) is 12.6. The molecule has 1 atom stereocenters. The van der Waals surface area contributed by atoms with Crippen LogP contribution in [0.3, 0.4) is 0 Å². The van der Waals surface area contributed by atoms with E-state index >= 15 is 0 Å². The monoisotopic (exact) mass is 305 g/mol. The van der Waals surface area contributed by atoms with Gasteiger partial charge in [-0.1, -0.05) is 23.7 Å². The van der Waals surface area contributed by atoms with Crippen LogP contribution in [0.2, 0.25) is 5.02 Å². The van der Waals surface area contributed by atoms with Gasteiger partial charge in [0.2, 0.25) is 10.0 Å². The van der Waals surface area contributed by atoms with Crippen LogP contribution in [-0.2, 0) is 15.8 Å². The number of sulfonamides is 1. The van der Waals surface area contributed by atoms with E-state index in [1.165, 1.54) is 0 Å². The lowest BCUT2D eigenvalue weighted by Gasteiger charge is -2.16. The second-order valence-electron chi connectivity index (χ2n) is 4.39. The van der Waals surface area contributed by atoms with E-state index in [9.17, 15) is 8.42 Å². The van der Waals surface area contributed by atoms with Crippen LogP contribution in [0.5, 0.6) is 0 Å². The van der Waals surface area contributed by atoms with Gasteiger partial charge in [-0.05, 0) is 30.4 Å².